The van der Waals surface area contributed by atoms with Crippen LogP contribution in [-0.2, 0) is 14.8 Å². The second-order valence-corrected chi connectivity index (χ2v) is 7.23. The molecule has 0 aliphatic carbocycles. The Hall–Kier alpha value is -1.60. The van der Waals surface area contributed by atoms with Crippen LogP contribution in [-0.4, -0.2) is 44.9 Å². The third-order valence-corrected chi connectivity index (χ3v) is 5.70. The van der Waals surface area contributed by atoms with Crippen molar-refractivity contribution in [1.29, 1.82) is 0 Å². The van der Waals surface area contributed by atoms with Crippen LogP contribution in [0.3, 0.4) is 0 Å². The minimum Gasteiger partial charge on any atom is -0.494 e. The van der Waals surface area contributed by atoms with Crippen LogP contribution in [0.2, 0.25) is 0 Å². The van der Waals surface area contributed by atoms with Gasteiger partial charge in [-0.3, -0.25) is 4.79 Å². The molecule has 0 spiro atoms. The van der Waals surface area contributed by atoms with Gasteiger partial charge in [0.15, 0.2) is 0 Å². The quantitative estimate of drug-likeness (QED) is 0.902. The number of rotatable bonds is 4. The van der Waals surface area contributed by atoms with Crippen molar-refractivity contribution in [3.8, 4) is 5.75 Å². The van der Waals surface area contributed by atoms with Crippen molar-refractivity contribution in [1.82, 2.24) is 9.62 Å². The lowest BCUT2D eigenvalue weighted by molar-refractivity contribution is -0.120. The molecular weight excluding hydrogens is 304 g/mol. The van der Waals surface area contributed by atoms with Crippen LogP contribution in [0.1, 0.15) is 24.5 Å². The molecule has 1 heterocycles. The molecule has 0 bridgehead atoms. The van der Waals surface area contributed by atoms with Crippen molar-refractivity contribution in [2.45, 2.75) is 32.1 Å². The number of hydrogen-bond acceptors (Lipinski definition) is 4. The number of ether oxygens (including phenoxy) is 1. The summed E-state index contributed by atoms with van der Waals surface area (Å²) in [5.41, 5.74) is 1.44. The summed E-state index contributed by atoms with van der Waals surface area (Å²) in [7, 11) is -3.61. The first kappa shape index (κ1) is 16.8. The predicted octanol–water partition coefficient (Wildman–Crippen LogP) is 1.21. The predicted molar refractivity (Wildman–Crippen MR) is 83.5 cm³/mol. The number of nitrogens with zero attached hydrogens (tertiary/aromatic N) is 1. The SMILES string of the molecule is CCOc1cc(C)c(S(=O)(=O)N2CCNC(=O)CC2)cc1C. The van der Waals surface area contributed by atoms with Gasteiger partial charge >= 0.3 is 0 Å². The molecule has 1 amide bonds. The zero-order chi connectivity index (χ0) is 16.3. The van der Waals surface area contributed by atoms with Gasteiger partial charge < -0.3 is 10.1 Å². The number of aryl methyl sites for hydroxylation is 2. The Morgan fingerprint density at radius 3 is 2.64 bits per heavy atom. The fraction of sp³-hybridized carbons (Fsp3) is 0.533. The fourth-order valence-corrected chi connectivity index (χ4v) is 4.21. The Morgan fingerprint density at radius 1 is 1.23 bits per heavy atom. The molecule has 6 nitrogen and oxygen atoms in total. The van der Waals surface area contributed by atoms with Gasteiger partial charge in [0.2, 0.25) is 15.9 Å². The van der Waals surface area contributed by atoms with Gasteiger partial charge in [-0.15, -0.1) is 0 Å². The summed E-state index contributed by atoms with van der Waals surface area (Å²) in [4.78, 5) is 11.7. The van der Waals surface area contributed by atoms with Crippen LogP contribution < -0.4 is 10.1 Å². The molecule has 1 N–H and O–H groups in total. The lowest BCUT2D eigenvalue weighted by Crippen LogP contribution is -2.34. The Balaban J connectivity index is 2.36. The molecule has 1 saturated heterocycles. The van der Waals surface area contributed by atoms with Crippen molar-refractivity contribution >= 4 is 15.9 Å². The van der Waals surface area contributed by atoms with E-state index in [1.807, 2.05) is 13.8 Å². The van der Waals surface area contributed by atoms with E-state index in [2.05, 4.69) is 5.32 Å². The van der Waals surface area contributed by atoms with Gasteiger partial charge in [-0.05, 0) is 44.0 Å². The minimum absolute atomic E-state index is 0.114. The van der Waals surface area contributed by atoms with E-state index in [-0.39, 0.29) is 23.8 Å². The van der Waals surface area contributed by atoms with E-state index < -0.39 is 10.0 Å². The third kappa shape index (κ3) is 3.41. The molecule has 1 fully saturated rings. The van der Waals surface area contributed by atoms with Gasteiger partial charge in [-0.25, -0.2) is 8.42 Å². The van der Waals surface area contributed by atoms with E-state index in [1.165, 1.54) is 4.31 Å². The standard InChI is InChI=1S/C15H22N2O4S/c1-4-21-13-9-12(3)14(10-11(13)2)22(19,20)17-7-5-15(18)16-6-8-17/h9-10H,4-8H2,1-3H3,(H,16,18). The lowest BCUT2D eigenvalue weighted by atomic mass is 10.1. The average Bonchev–Trinajstić information content (AvgIpc) is 2.67. The first-order valence-electron chi connectivity index (χ1n) is 7.37. The van der Waals surface area contributed by atoms with E-state index in [4.69, 9.17) is 4.74 Å². The Labute approximate surface area is 131 Å². The number of nitrogens with one attached hydrogen (secondary N) is 1. The fourth-order valence-electron chi connectivity index (χ4n) is 2.48. The zero-order valence-corrected chi connectivity index (χ0v) is 14.0. The van der Waals surface area contributed by atoms with Crippen molar-refractivity contribution in [2.24, 2.45) is 0 Å². The van der Waals surface area contributed by atoms with Gasteiger partial charge in [0.05, 0.1) is 11.5 Å². The second-order valence-electron chi connectivity index (χ2n) is 5.32. The molecule has 7 heteroatoms. The van der Waals surface area contributed by atoms with E-state index in [0.717, 1.165) is 5.56 Å². The summed E-state index contributed by atoms with van der Waals surface area (Å²) in [5.74, 6) is 0.587. The molecule has 0 radical (unpaired) electrons. The number of hydrogen-bond donors (Lipinski definition) is 1. The third-order valence-electron chi connectivity index (χ3n) is 3.66. The molecular formula is C15H22N2O4S. The molecule has 22 heavy (non-hydrogen) atoms. The topological polar surface area (TPSA) is 75.7 Å². The van der Waals surface area contributed by atoms with Gasteiger partial charge in [0.25, 0.3) is 0 Å². The molecule has 1 aliphatic rings. The number of sulfonamides is 1. The number of carbonyl (C=O) groups excluding carboxylic acids is 1. The summed E-state index contributed by atoms with van der Waals surface area (Å²) >= 11 is 0. The lowest BCUT2D eigenvalue weighted by Gasteiger charge is -2.21. The van der Waals surface area contributed by atoms with Gasteiger partial charge in [-0.2, -0.15) is 4.31 Å². The summed E-state index contributed by atoms with van der Waals surface area (Å²) < 4.78 is 32.5. The molecule has 1 aromatic carbocycles. The minimum atomic E-state index is -3.61. The molecule has 0 atom stereocenters. The smallest absolute Gasteiger partial charge is 0.243 e. The van der Waals surface area contributed by atoms with E-state index >= 15 is 0 Å². The van der Waals surface area contributed by atoms with Crippen LogP contribution in [0.5, 0.6) is 5.75 Å². The van der Waals surface area contributed by atoms with Gasteiger partial charge in [0.1, 0.15) is 5.75 Å². The summed E-state index contributed by atoms with van der Waals surface area (Å²) in [5, 5.41) is 2.68. The maximum atomic E-state index is 12.8. The monoisotopic (exact) mass is 326 g/mol. The molecule has 1 aromatic rings. The highest BCUT2D eigenvalue weighted by molar-refractivity contribution is 7.89. The summed E-state index contributed by atoms with van der Waals surface area (Å²) in [6, 6.07) is 3.41. The van der Waals surface area contributed by atoms with Crippen LogP contribution >= 0.6 is 0 Å². The highest BCUT2D eigenvalue weighted by atomic mass is 32.2. The number of amides is 1. The number of carbonyl (C=O) groups is 1. The molecule has 0 unspecified atom stereocenters. The van der Waals surface area contributed by atoms with E-state index in [1.54, 1.807) is 19.1 Å². The first-order chi connectivity index (χ1) is 10.4. The highest BCUT2D eigenvalue weighted by Gasteiger charge is 2.28. The van der Waals surface area contributed by atoms with Crippen LogP contribution in [0.15, 0.2) is 17.0 Å². The highest BCUT2D eigenvalue weighted by Crippen LogP contribution is 2.28. The van der Waals surface area contributed by atoms with E-state index in [9.17, 15) is 13.2 Å². The van der Waals surface area contributed by atoms with E-state index in [0.29, 0.717) is 31.0 Å². The largest absolute Gasteiger partial charge is 0.494 e. The molecule has 1 aliphatic heterocycles. The molecule has 0 saturated carbocycles. The Bertz CT molecular complexity index is 670. The molecule has 0 aromatic heterocycles. The van der Waals surface area contributed by atoms with Crippen LogP contribution in [0.25, 0.3) is 0 Å². The maximum absolute atomic E-state index is 12.8. The van der Waals surface area contributed by atoms with Crippen molar-refractivity contribution < 1.29 is 17.9 Å². The Morgan fingerprint density at radius 2 is 1.95 bits per heavy atom. The van der Waals surface area contributed by atoms with Crippen LogP contribution in [0.4, 0.5) is 0 Å². The van der Waals surface area contributed by atoms with Crippen LogP contribution in [0, 0.1) is 13.8 Å². The number of benzene rings is 1. The van der Waals surface area contributed by atoms with Crippen molar-refractivity contribution in [2.75, 3.05) is 26.2 Å². The summed E-state index contributed by atoms with van der Waals surface area (Å²) in [6.45, 7) is 6.85. The maximum Gasteiger partial charge on any atom is 0.243 e. The molecule has 2 rings (SSSR count). The Kier molecular flexibility index (Phi) is 5.08. The van der Waals surface area contributed by atoms with Gasteiger partial charge in [-0.1, -0.05) is 0 Å². The average molecular weight is 326 g/mol. The van der Waals surface area contributed by atoms with Crippen molar-refractivity contribution in [3.05, 3.63) is 23.3 Å². The normalized spacial score (nSPS) is 17.0. The van der Waals surface area contributed by atoms with Gasteiger partial charge in [0, 0.05) is 26.1 Å². The summed E-state index contributed by atoms with van der Waals surface area (Å²) in [6.07, 6.45) is 0.189. The first-order valence-corrected chi connectivity index (χ1v) is 8.81. The molecule has 122 valence electrons. The zero-order valence-electron chi connectivity index (χ0n) is 13.2. The second kappa shape index (κ2) is 6.66. The van der Waals surface area contributed by atoms with Crippen molar-refractivity contribution in [3.63, 3.8) is 0 Å².